The number of aryl methyl sites for hydroxylation is 3. The Kier molecular flexibility index (Phi) is 3.54. The van der Waals surface area contributed by atoms with E-state index in [0.29, 0.717) is 18.7 Å². The monoisotopic (exact) mass is 363 g/mol. The number of carbonyl (C=O) groups excluding carboxylic acids is 1. The maximum Gasteiger partial charge on any atom is 0.226 e. The molecule has 0 bridgehead atoms. The van der Waals surface area contributed by atoms with Gasteiger partial charge in [0.25, 0.3) is 0 Å². The molecule has 4 heterocycles. The van der Waals surface area contributed by atoms with Gasteiger partial charge in [-0.25, -0.2) is 13.1 Å². The Bertz CT molecular complexity index is 972. The van der Waals surface area contributed by atoms with Crippen molar-refractivity contribution in [2.24, 2.45) is 7.05 Å². The number of anilines is 1. The fourth-order valence-electron chi connectivity index (χ4n) is 4.03. The summed E-state index contributed by atoms with van der Waals surface area (Å²) < 4.78 is 27.2. The molecule has 2 aliphatic heterocycles. The normalized spacial score (nSPS) is 25.0. The Hall–Kier alpha value is -2.16. The lowest BCUT2D eigenvalue weighted by Gasteiger charge is -2.25. The van der Waals surface area contributed by atoms with Crippen molar-refractivity contribution in [3.63, 3.8) is 0 Å². The number of hydrogen-bond acceptors (Lipinski definition) is 5. The number of aromatic nitrogens is 4. The number of carbonyl (C=O) groups is 1. The van der Waals surface area contributed by atoms with Crippen molar-refractivity contribution in [2.45, 2.75) is 38.6 Å². The molecule has 25 heavy (non-hydrogen) atoms. The van der Waals surface area contributed by atoms with Crippen LogP contribution in [0.15, 0.2) is 6.20 Å². The number of amides is 1. The highest BCUT2D eigenvalue weighted by Gasteiger charge is 2.38. The summed E-state index contributed by atoms with van der Waals surface area (Å²) in [4.78, 5) is 12.3. The summed E-state index contributed by atoms with van der Waals surface area (Å²) in [5.74, 6) is 0.702. The van der Waals surface area contributed by atoms with Gasteiger partial charge in [0.15, 0.2) is 9.84 Å². The van der Waals surface area contributed by atoms with E-state index in [4.69, 9.17) is 0 Å². The zero-order chi connectivity index (χ0) is 17.9. The number of nitrogens with one attached hydrogen (secondary N) is 1. The summed E-state index contributed by atoms with van der Waals surface area (Å²) in [6.45, 7) is 3.85. The fourth-order valence-corrected chi connectivity index (χ4v) is 5.72. The lowest BCUT2D eigenvalue weighted by Crippen LogP contribution is -2.26. The topological polar surface area (TPSA) is 98.9 Å². The smallest absolute Gasteiger partial charge is 0.226 e. The average molecular weight is 363 g/mol. The molecule has 2 aromatic rings. The van der Waals surface area contributed by atoms with Gasteiger partial charge >= 0.3 is 0 Å². The lowest BCUT2D eigenvalue weighted by atomic mass is 9.86. The van der Waals surface area contributed by atoms with E-state index in [1.807, 2.05) is 27.1 Å². The first kappa shape index (κ1) is 16.3. The van der Waals surface area contributed by atoms with Crippen LogP contribution in [-0.4, -0.2) is 45.4 Å². The van der Waals surface area contributed by atoms with E-state index in [-0.39, 0.29) is 29.4 Å². The van der Waals surface area contributed by atoms with Crippen LogP contribution in [0.25, 0.3) is 0 Å². The van der Waals surface area contributed by atoms with Gasteiger partial charge in [-0.05, 0) is 20.3 Å². The van der Waals surface area contributed by atoms with Crippen LogP contribution in [0.2, 0.25) is 0 Å². The van der Waals surface area contributed by atoms with Crippen molar-refractivity contribution in [3.05, 3.63) is 28.7 Å². The summed E-state index contributed by atoms with van der Waals surface area (Å²) in [7, 11) is -1.17. The van der Waals surface area contributed by atoms with Crippen LogP contribution < -0.4 is 5.32 Å². The predicted octanol–water partition coefficient (Wildman–Crippen LogP) is 1.07. The molecule has 1 amide bonds. The molecule has 0 radical (unpaired) electrons. The molecule has 0 aliphatic carbocycles. The number of sulfone groups is 1. The van der Waals surface area contributed by atoms with Crippen LogP contribution in [0, 0.1) is 13.8 Å². The van der Waals surface area contributed by atoms with Crippen molar-refractivity contribution in [1.82, 2.24) is 19.6 Å². The fraction of sp³-hybridized carbons (Fsp3) is 0.562. The molecule has 9 heteroatoms. The minimum atomic E-state index is -3.03. The number of rotatable bonds is 2. The first-order chi connectivity index (χ1) is 11.7. The van der Waals surface area contributed by atoms with E-state index in [9.17, 15) is 13.2 Å². The van der Waals surface area contributed by atoms with E-state index < -0.39 is 9.84 Å². The van der Waals surface area contributed by atoms with Crippen molar-refractivity contribution in [3.8, 4) is 0 Å². The Morgan fingerprint density at radius 1 is 1.24 bits per heavy atom. The minimum Gasteiger partial charge on any atom is -0.311 e. The van der Waals surface area contributed by atoms with Crippen molar-refractivity contribution in [2.75, 3.05) is 16.8 Å². The van der Waals surface area contributed by atoms with Gasteiger partial charge in [0.2, 0.25) is 5.91 Å². The van der Waals surface area contributed by atoms with Crippen molar-refractivity contribution in [1.29, 1.82) is 0 Å². The zero-order valence-electron chi connectivity index (χ0n) is 14.5. The van der Waals surface area contributed by atoms with Gasteiger partial charge in [-0.3, -0.25) is 9.48 Å². The quantitative estimate of drug-likeness (QED) is 0.860. The third-order valence-electron chi connectivity index (χ3n) is 5.11. The Balaban J connectivity index is 1.82. The average Bonchev–Trinajstić information content (AvgIpc) is 3.14. The third kappa shape index (κ3) is 2.66. The second-order valence-corrected chi connectivity index (χ2v) is 9.23. The van der Waals surface area contributed by atoms with Crippen LogP contribution in [-0.2, 0) is 21.7 Å². The molecule has 1 saturated heterocycles. The molecule has 0 spiro atoms. The van der Waals surface area contributed by atoms with Crippen molar-refractivity contribution >= 4 is 21.6 Å². The molecule has 0 saturated carbocycles. The van der Waals surface area contributed by atoms with Crippen LogP contribution >= 0.6 is 0 Å². The van der Waals surface area contributed by atoms with E-state index in [1.165, 1.54) is 0 Å². The molecule has 1 fully saturated rings. The lowest BCUT2D eigenvalue weighted by molar-refractivity contribution is -0.116. The van der Waals surface area contributed by atoms with E-state index in [1.54, 1.807) is 9.36 Å². The molecular formula is C16H21N5O3S. The molecule has 2 aromatic heterocycles. The summed E-state index contributed by atoms with van der Waals surface area (Å²) in [6, 6.07) is -0.221. The van der Waals surface area contributed by atoms with Gasteiger partial charge in [0.1, 0.15) is 5.82 Å². The highest BCUT2D eigenvalue weighted by molar-refractivity contribution is 7.91. The molecule has 4 rings (SSSR count). The van der Waals surface area contributed by atoms with Gasteiger partial charge < -0.3 is 5.32 Å². The Morgan fingerprint density at radius 2 is 2.00 bits per heavy atom. The first-order valence-corrected chi connectivity index (χ1v) is 10.2. The number of hydrogen-bond donors (Lipinski definition) is 1. The second-order valence-electron chi connectivity index (χ2n) is 7.00. The number of fused-ring (bicyclic) bond motifs is 1. The van der Waals surface area contributed by atoms with Crippen molar-refractivity contribution < 1.29 is 13.2 Å². The Labute approximate surface area is 146 Å². The number of nitrogens with zero attached hydrogens (tertiary/aromatic N) is 4. The van der Waals surface area contributed by atoms with E-state index in [2.05, 4.69) is 15.5 Å². The maximum atomic E-state index is 12.3. The van der Waals surface area contributed by atoms with Gasteiger partial charge in [-0.2, -0.15) is 10.2 Å². The van der Waals surface area contributed by atoms with Crippen LogP contribution in [0.4, 0.5) is 5.82 Å². The minimum absolute atomic E-state index is 0.0764. The van der Waals surface area contributed by atoms with Crippen LogP contribution in [0.3, 0.4) is 0 Å². The second kappa shape index (κ2) is 5.42. The van der Waals surface area contributed by atoms with E-state index >= 15 is 0 Å². The molecule has 2 aliphatic rings. The summed E-state index contributed by atoms with van der Waals surface area (Å²) in [6.07, 6.45) is 2.82. The van der Waals surface area contributed by atoms with Gasteiger partial charge in [-0.1, -0.05) is 0 Å². The SMILES string of the molecule is Cc1nn(C)cc1[C@@H]1CC(=O)Nc2c1c(C)nn2[C@H]1CCS(=O)(=O)C1. The summed E-state index contributed by atoms with van der Waals surface area (Å²) in [5.41, 5.74) is 3.71. The highest BCUT2D eigenvalue weighted by Crippen LogP contribution is 2.42. The molecule has 1 N–H and O–H groups in total. The van der Waals surface area contributed by atoms with Gasteiger partial charge in [-0.15, -0.1) is 0 Å². The largest absolute Gasteiger partial charge is 0.311 e. The first-order valence-electron chi connectivity index (χ1n) is 8.34. The van der Waals surface area contributed by atoms with Gasteiger partial charge in [0.05, 0.1) is 28.9 Å². The maximum absolute atomic E-state index is 12.3. The predicted molar refractivity (Wildman–Crippen MR) is 92.3 cm³/mol. The Morgan fingerprint density at radius 3 is 2.60 bits per heavy atom. The molecule has 8 nitrogen and oxygen atoms in total. The molecule has 134 valence electrons. The molecule has 0 unspecified atom stereocenters. The molecular weight excluding hydrogens is 342 g/mol. The van der Waals surface area contributed by atoms with Crippen LogP contribution in [0.5, 0.6) is 0 Å². The summed E-state index contributed by atoms with van der Waals surface area (Å²) in [5, 5.41) is 11.9. The third-order valence-corrected chi connectivity index (χ3v) is 6.86. The summed E-state index contributed by atoms with van der Waals surface area (Å²) >= 11 is 0. The van der Waals surface area contributed by atoms with Crippen LogP contribution in [0.1, 0.15) is 47.3 Å². The standard InChI is InChI=1S/C16H21N5O3S/c1-9-13(7-20(3)18-9)12-6-14(22)17-16-15(12)10(2)19-21(16)11-4-5-25(23,24)8-11/h7,11-12H,4-6,8H2,1-3H3,(H,17,22)/t11-,12-/m0/s1. The van der Waals surface area contributed by atoms with Gasteiger partial charge in [0, 0.05) is 36.7 Å². The molecule has 0 aromatic carbocycles. The van der Waals surface area contributed by atoms with E-state index in [0.717, 1.165) is 22.5 Å². The molecule has 2 atom stereocenters. The zero-order valence-corrected chi connectivity index (χ0v) is 15.3. The highest BCUT2D eigenvalue weighted by atomic mass is 32.2.